The van der Waals surface area contributed by atoms with Crippen LogP contribution >= 0.6 is 31.9 Å². The van der Waals surface area contributed by atoms with Crippen LogP contribution < -0.4 is 15.5 Å². The minimum Gasteiger partial charge on any atom is -0.396 e. The van der Waals surface area contributed by atoms with E-state index < -0.39 is 0 Å². The molecule has 0 aliphatic carbocycles. The van der Waals surface area contributed by atoms with Crippen LogP contribution in [0.4, 0.5) is 17.1 Å². The highest BCUT2D eigenvalue weighted by Crippen LogP contribution is 2.36. The molecule has 0 unspecified atom stereocenters. The maximum atomic E-state index is 8.87. The number of aliphatic hydroxyl groups excluding tert-OH is 1. The lowest BCUT2D eigenvalue weighted by atomic mass is 9.97. The van der Waals surface area contributed by atoms with Crippen molar-refractivity contribution in [2.24, 2.45) is 0 Å². The highest BCUT2D eigenvalue weighted by molar-refractivity contribution is 9.10. The Labute approximate surface area is 177 Å². The third-order valence-electron chi connectivity index (χ3n) is 5.52. The van der Waals surface area contributed by atoms with Crippen molar-refractivity contribution >= 4 is 48.9 Å². The number of aryl methyl sites for hydroxylation is 1. The number of nitrogens with zero attached hydrogens (tertiary/aromatic N) is 1. The van der Waals surface area contributed by atoms with Gasteiger partial charge >= 0.3 is 0 Å². The molecule has 144 valence electrons. The van der Waals surface area contributed by atoms with Crippen LogP contribution in [0.2, 0.25) is 0 Å². The number of benzene rings is 2. The second-order valence-corrected chi connectivity index (χ2v) is 9.26. The summed E-state index contributed by atoms with van der Waals surface area (Å²) >= 11 is 6.95. The molecule has 1 fully saturated rings. The Kier molecular flexibility index (Phi) is 5.95. The number of anilines is 3. The number of hydrogen-bond donors (Lipinski definition) is 3. The second-order valence-electron chi connectivity index (χ2n) is 7.43. The van der Waals surface area contributed by atoms with Gasteiger partial charge in [-0.15, -0.1) is 0 Å². The van der Waals surface area contributed by atoms with Crippen LogP contribution in [-0.2, 0) is 6.42 Å². The van der Waals surface area contributed by atoms with Gasteiger partial charge in [0.2, 0.25) is 0 Å². The van der Waals surface area contributed by atoms with Crippen molar-refractivity contribution in [2.45, 2.75) is 37.8 Å². The van der Waals surface area contributed by atoms with Gasteiger partial charge in [0.05, 0.1) is 11.4 Å². The first-order valence-corrected chi connectivity index (χ1v) is 11.2. The molecule has 0 spiro atoms. The van der Waals surface area contributed by atoms with Crippen LogP contribution in [0.3, 0.4) is 0 Å². The highest BCUT2D eigenvalue weighted by Gasteiger charge is 2.29. The monoisotopic (exact) mass is 493 g/mol. The summed E-state index contributed by atoms with van der Waals surface area (Å²) in [5, 5.41) is 15.9. The minimum absolute atomic E-state index is 0.265. The molecule has 4 nitrogen and oxygen atoms in total. The quantitative estimate of drug-likeness (QED) is 0.549. The van der Waals surface area contributed by atoms with Crippen LogP contribution in [-0.4, -0.2) is 36.9 Å². The van der Waals surface area contributed by atoms with Crippen LogP contribution in [0, 0.1) is 0 Å². The smallest absolute Gasteiger partial charge is 0.0603 e. The third-order valence-corrected chi connectivity index (χ3v) is 6.50. The van der Waals surface area contributed by atoms with Crippen LogP contribution in [0.25, 0.3) is 0 Å². The van der Waals surface area contributed by atoms with Gasteiger partial charge in [-0.25, -0.2) is 0 Å². The molecule has 0 aromatic heterocycles. The Balaban J connectivity index is 0.000000134. The zero-order chi connectivity index (χ0) is 18.8. The number of rotatable bonds is 2. The maximum absolute atomic E-state index is 8.87. The molecule has 2 atom stereocenters. The molecule has 3 aliphatic heterocycles. The summed E-state index contributed by atoms with van der Waals surface area (Å²) in [5.74, 6) is 0. The molecule has 0 amide bonds. The van der Waals surface area contributed by atoms with E-state index >= 15 is 0 Å². The summed E-state index contributed by atoms with van der Waals surface area (Å²) in [6.45, 7) is 2.64. The summed E-state index contributed by atoms with van der Waals surface area (Å²) in [6, 6.07) is 13.9. The highest BCUT2D eigenvalue weighted by atomic mass is 79.9. The molecule has 27 heavy (non-hydrogen) atoms. The van der Waals surface area contributed by atoms with Crippen molar-refractivity contribution in [3.63, 3.8) is 0 Å². The zero-order valence-electron chi connectivity index (χ0n) is 15.2. The van der Waals surface area contributed by atoms with E-state index in [1.165, 1.54) is 42.1 Å². The zero-order valence-corrected chi connectivity index (χ0v) is 18.4. The first kappa shape index (κ1) is 19.1. The molecule has 3 heterocycles. The standard InChI is InChI=1S/C11H14BrNO.C10H11BrN2/c12-9-3-1-8-2-4-10(5-6-14)13-11(8)7-9;11-7-1-2-10-9(5-7)12-8-3-4-13(10)6-8/h1,3,7,10,13-14H,2,4-6H2;1-2,5,8,12H,3-4,6H2/t10-;8-/m10/s1. The Morgan fingerprint density at radius 3 is 2.59 bits per heavy atom. The predicted molar refractivity (Wildman–Crippen MR) is 120 cm³/mol. The lowest BCUT2D eigenvalue weighted by Crippen LogP contribution is -2.31. The van der Waals surface area contributed by atoms with Crippen molar-refractivity contribution in [1.29, 1.82) is 0 Å². The van der Waals surface area contributed by atoms with Gasteiger partial charge in [0.25, 0.3) is 0 Å². The predicted octanol–water partition coefficient (Wildman–Crippen LogP) is 5.01. The fourth-order valence-corrected chi connectivity index (χ4v) is 4.83. The Morgan fingerprint density at radius 2 is 1.78 bits per heavy atom. The molecule has 0 saturated carbocycles. The molecule has 1 saturated heterocycles. The molecule has 3 aliphatic rings. The SMILES string of the molecule is Brc1ccc2c(c1)N[C@H]1CCN2C1.OCC[C@H]1CCc2ccc(Br)cc2N1. The van der Waals surface area contributed by atoms with E-state index in [4.69, 9.17) is 5.11 Å². The molecule has 2 aromatic carbocycles. The Bertz CT molecular complexity index is 814. The fraction of sp³-hybridized carbons (Fsp3) is 0.429. The van der Waals surface area contributed by atoms with E-state index in [0.717, 1.165) is 28.2 Å². The van der Waals surface area contributed by atoms with E-state index in [2.05, 4.69) is 83.8 Å². The lowest BCUT2D eigenvalue weighted by Gasteiger charge is -2.28. The van der Waals surface area contributed by atoms with Crippen LogP contribution in [0.1, 0.15) is 24.8 Å². The molecular formula is C21H25Br2N3O. The van der Waals surface area contributed by atoms with Crippen molar-refractivity contribution in [1.82, 2.24) is 0 Å². The molecule has 2 bridgehead atoms. The normalized spacial score (nSPS) is 22.0. The molecule has 6 heteroatoms. The van der Waals surface area contributed by atoms with Crippen molar-refractivity contribution in [2.75, 3.05) is 35.2 Å². The van der Waals surface area contributed by atoms with Gasteiger partial charge in [-0.2, -0.15) is 0 Å². The third kappa shape index (κ3) is 4.44. The Hall–Kier alpha value is -1.24. The number of hydrogen-bond acceptors (Lipinski definition) is 4. The fourth-order valence-electron chi connectivity index (χ4n) is 4.11. The van der Waals surface area contributed by atoms with Gasteiger partial charge < -0.3 is 20.6 Å². The topological polar surface area (TPSA) is 47.5 Å². The molecule has 2 aromatic rings. The lowest BCUT2D eigenvalue weighted by molar-refractivity contribution is 0.276. The van der Waals surface area contributed by atoms with Gasteiger partial charge in [0.1, 0.15) is 0 Å². The number of nitrogens with one attached hydrogen (secondary N) is 2. The summed E-state index contributed by atoms with van der Waals surface area (Å²) in [5.41, 5.74) is 5.23. The van der Waals surface area contributed by atoms with Crippen molar-refractivity contribution < 1.29 is 5.11 Å². The van der Waals surface area contributed by atoms with E-state index in [-0.39, 0.29) is 6.61 Å². The average molecular weight is 495 g/mol. The molecular weight excluding hydrogens is 470 g/mol. The van der Waals surface area contributed by atoms with Crippen LogP contribution in [0.5, 0.6) is 0 Å². The second kappa shape index (κ2) is 8.41. The summed E-state index contributed by atoms with van der Waals surface area (Å²) in [4.78, 5) is 2.46. The van der Waals surface area contributed by atoms with E-state index in [9.17, 15) is 0 Å². The number of aliphatic hydroxyl groups is 1. The van der Waals surface area contributed by atoms with Gasteiger partial charge in [-0.05, 0) is 61.6 Å². The summed E-state index contributed by atoms with van der Waals surface area (Å²) in [6.07, 6.45) is 4.34. The number of fused-ring (bicyclic) bond motifs is 5. The van der Waals surface area contributed by atoms with Crippen molar-refractivity contribution in [3.05, 3.63) is 50.9 Å². The molecule has 3 N–H and O–H groups in total. The minimum atomic E-state index is 0.265. The average Bonchev–Trinajstić information content (AvgIpc) is 3.04. The van der Waals surface area contributed by atoms with E-state index in [1.807, 2.05) is 0 Å². The summed E-state index contributed by atoms with van der Waals surface area (Å²) in [7, 11) is 0. The van der Waals surface area contributed by atoms with E-state index in [1.54, 1.807) is 0 Å². The van der Waals surface area contributed by atoms with Gasteiger partial charge in [0, 0.05) is 46.4 Å². The first-order chi connectivity index (χ1) is 13.1. The number of halogens is 2. The van der Waals surface area contributed by atoms with Gasteiger partial charge in [-0.3, -0.25) is 0 Å². The van der Waals surface area contributed by atoms with Crippen LogP contribution in [0.15, 0.2) is 45.3 Å². The van der Waals surface area contributed by atoms with Crippen molar-refractivity contribution in [3.8, 4) is 0 Å². The van der Waals surface area contributed by atoms with Gasteiger partial charge in [-0.1, -0.05) is 37.9 Å². The summed E-state index contributed by atoms with van der Waals surface area (Å²) < 4.78 is 2.26. The first-order valence-electron chi connectivity index (χ1n) is 9.59. The van der Waals surface area contributed by atoms with Gasteiger partial charge in [0.15, 0.2) is 0 Å². The van der Waals surface area contributed by atoms with E-state index in [0.29, 0.717) is 12.1 Å². The largest absolute Gasteiger partial charge is 0.396 e. The Morgan fingerprint density at radius 1 is 1.00 bits per heavy atom. The molecule has 0 radical (unpaired) electrons. The maximum Gasteiger partial charge on any atom is 0.0603 e. The molecule has 5 rings (SSSR count).